The third-order valence-corrected chi connectivity index (χ3v) is 6.89. The largest absolute Gasteiger partial charge is 0.478 e. The lowest BCUT2D eigenvalue weighted by atomic mass is 10.1. The van der Waals surface area contributed by atoms with Gasteiger partial charge < -0.3 is 20.6 Å². The smallest absolute Gasteiger partial charge is 0.337 e. The normalized spacial score (nSPS) is 13.9. The minimum absolute atomic E-state index is 0.00578. The Labute approximate surface area is 208 Å². The van der Waals surface area contributed by atoms with Gasteiger partial charge in [0.25, 0.3) is 5.91 Å². The lowest BCUT2D eigenvalue weighted by Gasteiger charge is -2.36. The van der Waals surface area contributed by atoms with E-state index in [0.29, 0.717) is 44.8 Å². The van der Waals surface area contributed by atoms with Gasteiger partial charge in [-0.2, -0.15) is 0 Å². The fraction of sp³-hybridized carbons (Fsp3) is 0.269. The van der Waals surface area contributed by atoms with Crippen LogP contribution in [0.15, 0.2) is 60.0 Å². The standard InChI is InChI=1S/C26H28N4O4S/c1-18-5-2-3-7-21(18)25(32)28-23-9-8-19(15-22(23)26(33)34)30-12-10-29(11-13-30)17-24(31)27-16-20-6-4-14-35-20/h2-9,14-15H,10-13,16-17H2,1H3,(H,27,31)(H,28,32)(H,33,34). The van der Waals surface area contributed by atoms with Gasteiger partial charge in [-0.1, -0.05) is 24.3 Å². The van der Waals surface area contributed by atoms with Crippen molar-refractivity contribution in [1.29, 1.82) is 0 Å². The van der Waals surface area contributed by atoms with Gasteiger partial charge in [0.05, 0.1) is 24.3 Å². The minimum atomic E-state index is -1.10. The molecule has 3 N–H and O–H groups in total. The van der Waals surface area contributed by atoms with Crippen LogP contribution in [0.3, 0.4) is 0 Å². The van der Waals surface area contributed by atoms with Crippen LogP contribution in [0.5, 0.6) is 0 Å². The zero-order chi connectivity index (χ0) is 24.8. The van der Waals surface area contributed by atoms with Crippen LogP contribution < -0.4 is 15.5 Å². The number of aryl methyl sites for hydroxylation is 1. The number of aromatic carboxylic acids is 1. The highest BCUT2D eigenvalue weighted by Gasteiger charge is 2.22. The average molecular weight is 493 g/mol. The number of piperazine rings is 1. The molecule has 4 rings (SSSR count). The summed E-state index contributed by atoms with van der Waals surface area (Å²) in [6.45, 7) is 5.45. The molecule has 0 saturated carbocycles. The predicted molar refractivity (Wildman–Crippen MR) is 137 cm³/mol. The average Bonchev–Trinajstić information content (AvgIpc) is 3.37. The second kappa shape index (κ2) is 11.2. The van der Waals surface area contributed by atoms with Gasteiger partial charge in [0, 0.05) is 42.3 Å². The lowest BCUT2D eigenvalue weighted by molar-refractivity contribution is -0.122. The van der Waals surface area contributed by atoms with Crippen molar-refractivity contribution in [3.8, 4) is 0 Å². The molecule has 35 heavy (non-hydrogen) atoms. The Balaban J connectivity index is 1.35. The van der Waals surface area contributed by atoms with Crippen molar-refractivity contribution >= 4 is 40.5 Å². The van der Waals surface area contributed by atoms with Crippen molar-refractivity contribution in [3.63, 3.8) is 0 Å². The number of thiophene rings is 1. The summed E-state index contributed by atoms with van der Waals surface area (Å²) in [5, 5.41) is 17.4. The van der Waals surface area contributed by atoms with Crippen molar-refractivity contribution in [3.05, 3.63) is 81.5 Å². The maximum Gasteiger partial charge on any atom is 0.337 e. The Hall–Kier alpha value is -3.69. The molecular weight excluding hydrogens is 464 g/mol. The number of amides is 2. The molecule has 0 bridgehead atoms. The summed E-state index contributed by atoms with van der Waals surface area (Å²) in [5.41, 5.74) is 2.40. The molecule has 182 valence electrons. The van der Waals surface area contributed by atoms with Gasteiger partial charge >= 0.3 is 5.97 Å². The van der Waals surface area contributed by atoms with Crippen LogP contribution in [0, 0.1) is 6.92 Å². The van der Waals surface area contributed by atoms with Gasteiger partial charge in [-0.25, -0.2) is 4.79 Å². The summed E-state index contributed by atoms with van der Waals surface area (Å²) < 4.78 is 0. The summed E-state index contributed by atoms with van der Waals surface area (Å²) in [6, 6.07) is 16.2. The second-order valence-electron chi connectivity index (χ2n) is 8.42. The highest BCUT2D eigenvalue weighted by Crippen LogP contribution is 2.25. The topological polar surface area (TPSA) is 102 Å². The zero-order valence-electron chi connectivity index (χ0n) is 19.5. The van der Waals surface area contributed by atoms with Gasteiger partial charge in [0.2, 0.25) is 5.91 Å². The van der Waals surface area contributed by atoms with Gasteiger partial charge in [0.1, 0.15) is 0 Å². The highest BCUT2D eigenvalue weighted by atomic mass is 32.1. The Morgan fingerprint density at radius 2 is 1.74 bits per heavy atom. The molecule has 3 aromatic rings. The Kier molecular flexibility index (Phi) is 7.79. The van der Waals surface area contributed by atoms with Gasteiger partial charge in [-0.05, 0) is 48.2 Å². The molecular formula is C26H28N4O4S. The van der Waals surface area contributed by atoms with Crippen LogP contribution >= 0.6 is 11.3 Å². The number of carbonyl (C=O) groups is 3. The van der Waals surface area contributed by atoms with Crippen LogP contribution in [-0.2, 0) is 11.3 Å². The van der Waals surface area contributed by atoms with Crippen LogP contribution in [0.4, 0.5) is 11.4 Å². The van der Waals surface area contributed by atoms with E-state index in [2.05, 4.69) is 20.4 Å². The lowest BCUT2D eigenvalue weighted by Crippen LogP contribution is -2.49. The first kappa shape index (κ1) is 24.4. The maximum absolute atomic E-state index is 12.7. The molecule has 2 amide bonds. The molecule has 0 atom stereocenters. The third-order valence-electron chi connectivity index (χ3n) is 6.02. The van der Waals surface area contributed by atoms with Crippen molar-refractivity contribution in [2.24, 2.45) is 0 Å². The molecule has 8 nitrogen and oxygen atoms in total. The molecule has 0 unspecified atom stereocenters. The molecule has 1 aromatic heterocycles. The number of nitrogens with zero attached hydrogens (tertiary/aromatic N) is 2. The van der Waals surface area contributed by atoms with E-state index in [0.717, 1.165) is 16.1 Å². The van der Waals surface area contributed by atoms with Crippen LogP contribution in [-0.4, -0.2) is 60.5 Å². The van der Waals surface area contributed by atoms with E-state index in [1.54, 1.807) is 35.6 Å². The van der Waals surface area contributed by atoms with Gasteiger partial charge in [-0.3, -0.25) is 14.5 Å². The summed E-state index contributed by atoms with van der Waals surface area (Å²) in [7, 11) is 0. The first-order chi connectivity index (χ1) is 16.9. The van der Waals surface area contributed by atoms with Crippen molar-refractivity contribution in [2.45, 2.75) is 13.5 Å². The fourth-order valence-electron chi connectivity index (χ4n) is 4.05. The summed E-state index contributed by atoms with van der Waals surface area (Å²) in [4.78, 5) is 42.2. The summed E-state index contributed by atoms with van der Waals surface area (Å²) >= 11 is 1.62. The molecule has 9 heteroatoms. The van der Waals surface area contributed by atoms with E-state index in [9.17, 15) is 19.5 Å². The minimum Gasteiger partial charge on any atom is -0.478 e. The van der Waals surface area contributed by atoms with E-state index in [4.69, 9.17) is 0 Å². The SMILES string of the molecule is Cc1ccccc1C(=O)Nc1ccc(N2CCN(CC(=O)NCc3cccs3)CC2)cc1C(=O)O. The highest BCUT2D eigenvalue weighted by molar-refractivity contribution is 7.09. The monoisotopic (exact) mass is 492 g/mol. The number of carboxylic acid groups (broad SMARTS) is 1. The van der Waals surface area contributed by atoms with E-state index in [-0.39, 0.29) is 23.1 Å². The molecule has 2 heterocycles. The number of hydrogen-bond donors (Lipinski definition) is 3. The van der Waals surface area contributed by atoms with Crippen molar-refractivity contribution in [2.75, 3.05) is 42.9 Å². The maximum atomic E-state index is 12.7. The summed E-state index contributed by atoms with van der Waals surface area (Å²) in [6.07, 6.45) is 0. The van der Waals surface area contributed by atoms with E-state index < -0.39 is 5.97 Å². The Bertz CT molecular complexity index is 1200. The number of hydrogen-bond acceptors (Lipinski definition) is 6. The molecule has 0 spiro atoms. The number of rotatable bonds is 8. The van der Waals surface area contributed by atoms with Gasteiger partial charge in [-0.15, -0.1) is 11.3 Å². The summed E-state index contributed by atoms with van der Waals surface area (Å²) in [5.74, 6) is -1.45. The van der Waals surface area contributed by atoms with E-state index in [1.165, 1.54) is 0 Å². The number of benzene rings is 2. The van der Waals surface area contributed by atoms with E-state index in [1.807, 2.05) is 42.6 Å². The molecule has 1 fully saturated rings. The number of carbonyl (C=O) groups excluding carboxylic acids is 2. The zero-order valence-corrected chi connectivity index (χ0v) is 20.3. The third kappa shape index (κ3) is 6.26. The molecule has 0 radical (unpaired) electrons. The van der Waals surface area contributed by atoms with Crippen molar-refractivity contribution < 1.29 is 19.5 Å². The molecule has 1 saturated heterocycles. The van der Waals surface area contributed by atoms with Gasteiger partial charge in [0.15, 0.2) is 0 Å². The van der Waals surface area contributed by atoms with Crippen molar-refractivity contribution in [1.82, 2.24) is 10.2 Å². The number of nitrogens with one attached hydrogen (secondary N) is 2. The Morgan fingerprint density at radius 3 is 2.43 bits per heavy atom. The van der Waals surface area contributed by atoms with Crippen LogP contribution in [0.2, 0.25) is 0 Å². The number of carboxylic acids is 1. The molecule has 1 aliphatic rings. The quantitative estimate of drug-likeness (QED) is 0.445. The second-order valence-corrected chi connectivity index (χ2v) is 9.46. The molecule has 1 aliphatic heterocycles. The number of anilines is 2. The fourth-order valence-corrected chi connectivity index (χ4v) is 4.70. The molecule has 2 aromatic carbocycles. The first-order valence-electron chi connectivity index (χ1n) is 11.4. The van der Waals surface area contributed by atoms with Crippen LogP contribution in [0.1, 0.15) is 31.2 Å². The van der Waals surface area contributed by atoms with E-state index >= 15 is 0 Å². The predicted octanol–water partition coefficient (Wildman–Crippen LogP) is 3.45. The van der Waals surface area contributed by atoms with Crippen LogP contribution in [0.25, 0.3) is 0 Å². The Morgan fingerprint density at radius 1 is 0.971 bits per heavy atom. The molecule has 0 aliphatic carbocycles. The first-order valence-corrected chi connectivity index (χ1v) is 12.3.